The van der Waals surface area contributed by atoms with Crippen molar-refractivity contribution in [2.45, 2.75) is 19.5 Å². The molecule has 0 bridgehead atoms. The summed E-state index contributed by atoms with van der Waals surface area (Å²) >= 11 is 0. The zero-order valence-electron chi connectivity index (χ0n) is 7.47. The molecule has 0 radical (unpaired) electrons. The smallest absolute Gasteiger partial charge is 0.242 e. The second kappa shape index (κ2) is 4.61. The molecule has 2 N–H and O–H groups in total. The zero-order chi connectivity index (χ0) is 9.68. The van der Waals surface area contributed by atoms with E-state index in [1.807, 2.05) is 0 Å². The van der Waals surface area contributed by atoms with Gasteiger partial charge >= 0.3 is 0 Å². The Hall–Kier alpha value is -1.36. The fraction of sp³-hybridized carbons (Fsp3) is 0.500. The van der Waals surface area contributed by atoms with Crippen molar-refractivity contribution >= 4 is 5.91 Å². The number of amides is 1. The highest BCUT2D eigenvalue weighted by atomic mass is 16.3. The molecule has 0 aliphatic carbocycles. The fourth-order valence-corrected chi connectivity index (χ4v) is 0.907. The van der Waals surface area contributed by atoms with Crippen LogP contribution in [0.3, 0.4) is 0 Å². The molecule has 0 aliphatic rings. The van der Waals surface area contributed by atoms with Crippen molar-refractivity contribution in [2.24, 2.45) is 0 Å². The number of aliphatic hydroxyl groups excluding tert-OH is 1. The maximum atomic E-state index is 11.2. The Bertz CT molecular complexity index is 258. The molecule has 1 rings (SSSR count). The number of rotatable bonds is 4. The van der Waals surface area contributed by atoms with Gasteiger partial charge in [0.2, 0.25) is 5.91 Å². The molecular weight excluding hydrogens is 170 g/mol. The second-order valence-electron chi connectivity index (χ2n) is 2.85. The molecule has 0 aromatic carbocycles. The molecule has 1 amide bonds. The van der Waals surface area contributed by atoms with Gasteiger partial charge in [0, 0.05) is 18.4 Å². The van der Waals surface area contributed by atoms with Crippen molar-refractivity contribution in [3.8, 4) is 0 Å². The maximum Gasteiger partial charge on any atom is 0.242 e. The predicted octanol–water partition coefficient (Wildman–Crippen LogP) is -0.620. The van der Waals surface area contributed by atoms with Crippen molar-refractivity contribution in [3.63, 3.8) is 0 Å². The van der Waals surface area contributed by atoms with E-state index in [0.29, 0.717) is 0 Å². The summed E-state index contributed by atoms with van der Waals surface area (Å²) in [5, 5.41) is 15.2. The first-order valence-corrected chi connectivity index (χ1v) is 4.10. The Morgan fingerprint density at radius 1 is 1.77 bits per heavy atom. The molecule has 5 heteroatoms. The van der Waals surface area contributed by atoms with Crippen LogP contribution in [-0.2, 0) is 11.3 Å². The molecule has 0 unspecified atom stereocenters. The average Bonchev–Trinajstić information content (AvgIpc) is 2.56. The highest BCUT2D eigenvalue weighted by molar-refractivity contribution is 5.75. The maximum absolute atomic E-state index is 11.2. The predicted molar refractivity (Wildman–Crippen MR) is 46.9 cm³/mol. The number of carbonyl (C=O) groups is 1. The molecule has 1 atom stereocenters. The third kappa shape index (κ3) is 3.25. The molecule has 1 heterocycles. The first-order valence-electron chi connectivity index (χ1n) is 4.10. The van der Waals surface area contributed by atoms with E-state index in [2.05, 4.69) is 10.4 Å². The molecule has 0 fully saturated rings. The summed E-state index contributed by atoms with van der Waals surface area (Å²) in [4.78, 5) is 11.2. The van der Waals surface area contributed by atoms with Gasteiger partial charge in [0.25, 0.3) is 0 Å². The van der Waals surface area contributed by atoms with E-state index in [1.165, 1.54) is 4.68 Å². The van der Waals surface area contributed by atoms with E-state index < -0.39 is 0 Å². The van der Waals surface area contributed by atoms with Gasteiger partial charge in [-0.1, -0.05) is 0 Å². The summed E-state index contributed by atoms with van der Waals surface area (Å²) in [6.07, 6.45) is 3.33. The molecule has 0 spiro atoms. The SMILES string of the molecule is C[C@@H](CO)NC(=O)Cn1cccn1. The largest absolute Gasteiger partial charge is 0.394 e. The molecule has 0 aliphatic heterocycles. The molecule has 0 saturated carbocycles. The van der Waals surface area contributed by atoms with Crippen LogP contribution in [-0.4, -0.2) is 33.4 Å². The summed E-state index contributed by atoms with van der Waals surface area (Å²) in [5.74, 6) is -0.148. The lowest BCUT2D eigenvalue weighted by Crippen LogP contribution is -2.37. The number of nitrogens with one attached hydrogen (secondary N) is 1. The van der Waals surface area contributed by atoms with E-state index in [4.69, 9.17) is 5.11 Å². The van der Waals surface area contributed by atoms with Crippen LogP contribution in [0.15, 0.2) is 18.5 Å². The minimum Gasteiger partial charge on any atom is -0.394 e. The molecule has 13 heavy (non-hydrogen) atoms. The van der Waals surface area contributed by atoms with E-state index in [9.17, 15) is 4.79 Å². The van der Waals surface area contributed by atoms with Crippen LogP contribution in [0, 0.1) is 0 Å². The highest BCUT2D eigenvalue weighted by Gasteiger charge is 2.05. The van der Waals surface area contributed by atoms with Crippen molar-refractivity contribution < 1.29 is 9.90 Å². The minimum atomic E-state index is -0.205. The van der Waals surface area contributed by atoms with Gasteiger partial charge in [-0.2, -0.15) is 5.10 Å². The molecule has 1 aromatic heterocycles. The van der Waals surface area contributed by atoms with Gasteiger partial charge in [0.15, 0.2) is 0 Å². The van der Waals surface area contributed by atoms with Gasteiger partial charge in [-0.3, -0.25) is 9.48 Å². The molecule has 1 aromatic rings. The van der Waals surface area contributed by atoms with Crippen LogP contribution in [0.1, 0.15) is 6.92 Å². The van der Waals surface area contributed by atoms with Crippen molar-refractivity contribution in [1.82, 2.24) is 15.1 Å². The Labute approximate surface area is 76.4 Å². The van der Waals surface area contributed by atoms with Crippen molar-refractivity contribution in [3.05, 3.63) is 18.5 Å². The van der Waals surface area contributed by atoms with Crippen LogP contribution < -0.4 is 5.32 Å². The van der Waals surface area contributed by atoms with Crippen molar-refractivity contribution in [2.75, 3.05) is 6.61 Å². The number of aromatic nitrogens is 2. The number of carbonyl (C=O) groups excluding carboxylic acids is 1. The average molecular weight is 183 g/mol. The van der Waals surface area contributed by atoms with Crippen LogP contribution in [0.25, 0.3) is 0 Å². The van der Waals surface area contributed by atoms with Gasteiger partial charge in [0.05, 0.1) is 6.61 Å². The highest BCUT2D eigenvalue weighted by Crippen LogP contribution is 1.85. The molecule has 5 nitrogen and oxygen atoms in total. The fourth-order valence-electron chi connectivity index (χ4n) is 0.907. The van der Waals surface area contributed by atoms with Crippen LogP contribution in [0.5, 0.6) is 0 Å². The van der Waals surface area contributed by atoms with Crippen LogP contribution in [0.4, 0.5) is 0 Å². The Kier molecular flexibility index (Phi) is 3.45. The van der Waals surface area contributed by atoms with E-state index in [-0.39, 0.29) is 25.1 Å². The van der Waals surface area contributed by atoms with Gasteiger partial charge in [-0.05, 0) is 13.0 Å². The quantitative estimate of drug-likeness (QED) is 0.653. The first kappa shape index (κ1) is 9.73. The topological polar surface area (TPSA) is 67.2 Å². The number of hydrogen-bond acceptors (Lipinski definition) is 3. The summed E-state index contributed by atoms with van der Waals surface area (Å²) in [6.45, 7) is 1.88. The summed E-state index contributed by atoms with van der Waals surface area (Å²) in [7, 11) is 0. The third-order valence-corrected chi connectivity index (χ3v) is 1.55. The van der Waals surface area contributed by atoms with Crippen molar-refractivity contribution in [1.29, 1.82) is 0 Å². The second-order valence-corrected chi connectivity index (χ2v) is 2.85. The normalized spacial score (nSPS) is 12.5. The molecule has 0 saturated heterocycles. The van der Waals surface area contributed by atoms with Gasteiger partial charge in [-0.15, -0.1) is 0 Å². The zero-order valence-corrected chi connectivity index (χ0v) is 7.47. The Morgan fingerprint density at radius 2 is 2.54 bits per heavy atom. The summed E-state index contributed by atoms with van der Waals surface area (Å²) in [6, 6.07) is 1.55. The van der Waals surface area contributed by atoms with Crippen LogP contribution in [0.2, 0.25) is 0 Å². The Balaban J connectivity index is 2.34. The van der Waals surface area contributed by atoms with E-state index in [0.717, 1.165) is 0 Å². The summed E-state index contributed by atoms with van der Waals surface area (Å²) < 4.78 is 1.53. The third-order valence-electron chi connectivity index (χ3n) is 1.55. The summed E-state index contributed by atoms with van der Waals surface area (Å²) in [5.41, 5.74) is 0. The van der Waals surface area contributed by atoms with E-state index >= 15 is 0 Å². The van der Waals surface area contributed by atoms with Gasteiger partial charge in [-0.25, -0.2) is 0 Å². The molecule has 72 valence electrons. The number of aliphatic hydroxyl groups is 1. The number of hydrogen-bond donors (Lipinski definition) is 2. The lowest BCUT2D eigenvalue weighted by atomic mass is 10.3. The monoisotopic (exact) mass is 183 g/mol. The van der Waals surface area contributed by atoms with E-state index in [1.54, 1.807) is 25.4 Å². The first-order chi connectivity index (χ1) is 6.22. The Morgan fingerprint density at radius 3 is 3.08 bits per heavy atom. The molecular formula is C8H13N3O2. The standard InChI is InChI=1S/C8H13N3O2/c1-7(6-12)10-8(13)5-11-4-2-3-9-11/h2-4,7,12H,5-6H2,1H3,(H,10,13)/t7-/m0/s1. The lowest BCUT2D eigenvalue weighted by Gasteiger charge is -2.10. The van der Waals surface area contributed by atoms with Crippen LogP contribution >= 0.6 is 0 Å². The lowest BCUT2D eigenvalue weighted by molar-refractivity contribution is -0.122. The van der Waals surface area contributed by atoms with Gasteiger partial charge < -0.3 is 10.4 Å². The number of nitrogens with zero attached hydrogens (tertiary/aromatic N) is 2. The minimum absolute atomic E-state index is 0.0507. The van der Waals surface area contributed by atoms with Gasteiger partial charge in [0.1, 0.15) is 6.54 Å².